The van der Waals surface area contributed by atoms with Crippen LogP contribution in [0.5, 0.6) is 5.75 Å². The molecule has 28 heavy (non-hydrogen) atoms. The number of hydrogen-bond acceptors (Lipinski definition) is 3. The fraction of sp³-hybridized carbons (Fsp3) is 0.263. The van der Waals surface area contributed by atoms with Crippen molar-refractivity contribution in [1.29, 1.82) is 0 Å². The molecule has 2 aromatic carbocycles. The monoisotopic (exact) mass is 430 g/mol. The molecule has 0 fully saturated rings. The fourth-order valence-corrected chi connectivity index (χ4v) is 2.53. The topological polar surface area (TPSA) is 50.4 Å². The number of carbonyl (C=O) groups excluding carboxylic acids is 1. The average molecular weight is 431 g/mol. The smallest absolute Gasteiger partial charge is 0.416 e. The highest BCUT2D eigenvalue weighted by Crippen LogP contribution is 2.33. The van der Waals surface area contributed by atoms with E-state index in [1.165, 1.54) is 0 Å². The molecule has 2 N–H and O–H groups in total. The van der Waals surface area contributed by atoms with Crippen LogP contribution < -0.4 is 15.4 Å². The largest absolute Gasteiger partial charge is 0.492 e. The maximum Gasteiger partial charge on any atom is 0.416 e. The van der Waals surface area contributed by atoms with Crippen LogP contribution >= 0.6 is 23.8 Å². The standard InChI is InChI=1S/C19H18ClF3N2O2S/c1-11(2)10-27-16-6-4-3-5-13(16)17(26)25-18(28)24-15-9-12(19(21,22)23)7-8-14(15)20/h3-9,11H,10H2,1-2H3,(H2,24,25,26,28). The molecule has 0 atom stereocenters. The summed E-state index contributed by atoms with van der Waals surface area (Å²) in [7, 11) is 0. The Morgan fingerprint density at radius 1 is 1.21 bits per heavy atom. The van der Waals surface area contributed by atoms with Crippen LogP contribution in [-0.2, 0) is 6.18 Å². The van der Waals surface area contributed by atoms with E-state index in [9.17, 15) is 18.0 Å². The SMILES string of the molecule is CC(C)COc1ccccc1C(=O)NC(=S)Nc1cc(C(F)(F)F)ccc1Cl. The Balaban J connectivity index is 2.11. The molecule has 1 amide bonds. The van der Waals surface area contributed by atoms with E-state index in [0.717, 1.165) is 18.2 Å². The number of halogens is 4. The van der Waals surface area contributed by atoms with E-state index < -0.39 is 17.6 Å². The van der Waals surface area contributed by atoms with E-state index in [-0.39, 0.29) is 27.3 Å². The third-order valence-corrected chi connectivity index (χ3v) is 4.01. The van der Waals surface area contributed by atoms with Gasteiger partial charge in [0.2, 0.25) is 0 Å². The number of ether oxygens (including phenoxy) is 1. The average Bonchev–Trinajstić information content (AvgIpc) is 2.61. The van der Waals surface area contributed by atoms with Crippen molar-refractivity contribution < 1.29 is 22.7 Å². The van der Waals surface area contributed by atoms with Gasteiger partial charge >= 0.3 is 6.18 Å². The van der Waals surface area contributed by atoms with E-state index >= 15 is 0 Å². The van der Waals surface area contributed by atoms with Gasteiger partial charge in [0.1, 0.15) is 5.75 Å². The number of anilines is 1. The van der Waals surface area contributed by atoms with Crippen molar-refractivity contribution in [3.63, 3.8) is 0 Å². The lowest BCUT2D eigenvalue weighted by Gasteiger charge is -2.15. The van der Waals surface area contributed by atoms with Gasteiger partial charge in [0.05, 0.1) is 28.4 Å². The first kappa shape index (κ1) is 22.0. The first-order chi connectivity index (χ1) is 13.1. The molecule has 9 heteroatoms. The van der Waals surface area contributed by atoms with Gasteiger partial charge in [0.15, 0.2) is 5.11 Å². The number of thiocarbonyl (C=S) groups is 1. The Hall–Kier alpha value is -2.32. The maximum absolute atomic E-state index is 12.9. The van der Waals surface area contributed by atoms with Gasteiger partial charge in [0, 0.05) is 0 Å². The molecule has 0 spiro atoms. The van der Waals surface area contributed by atoms with Crippen LogP contribution in [0.4, 0.5) is 18.9 Å². The number of amides is 1. The Kier molecular flexibility index (Phi) is 7.26. The minimum Gasteiger partial charge on any atom is -0.492 e. The predicted molar refractivity (Wildman–Crippen MR) is 107 cm³/mol. The lowest BCUT2D eigenvalue weighted by molar-refractivity contribution is -0.137. The summed E-state index contributed by atoms with van der Waals surface area (Å²) in [5, 5.41) is 4.78. The van der Waals surface area contributed by atoms with Gasteiger partial charge in [-0.3, -0.25) is 10.1 Å². The van der Waals surface area contributed by atoms with Crippen molar-refractivity contribution in [2.45, 2.75) is 20.0 Å². The quantitative estimate of drug-likeness (QED) is 0.613. The van der Waals surface area contributed by atoms with Gasteiger partial charge < -0.3 is 10.1 Å². The van der Waals surface area contributed by atoms with Crippen LogP contribution in [0.15, 0.2) is 42.5 Å². The van der Waals surface area contributed by atoms with Crippen molar-refractivity contribution in [1.82, 2.24) is 5.32 Å². The first-order valence-corrected chi connectivity index (χ1v) is 9.07. The maximum atomic E-state index is 12.9. The van der Waals surface area contributed by atoms with Crippen LogP contribution in [0.1, 0.15) is 29.8 Å². The molecule has 0 heterocycles. The number of carbonyl (C=O) groups is 1. The number of benzene rings is 2. The van der Waals surface area contributed by atoms with Crippen LogP contribution in [0.3, 0.4) is 0 Å². The van der Waals surface area contributed by atoms with Crippen LogP contribution in [0, 0.1) is 5.92 Å². The van der Waals surface area contributed by atoms with Gasteiger partial charge in [-0.1, -0.05) is 37.6 Å². The van der Waals surface area contributed by atoms with Gasteiger partial charge in [0.25, 0.3) is 5.91 Å². The third-order valence-electron chi connectivity index (χ3n) is 3.47. The van der Waals surface area contributed by atoms with Crippen LogP contribution in [0.2, 0.25) is 5.02 Å². The number of hydrogen-bond donors (Lipinski definition) is 2. The molecular weight excluding hydrogens is 413 g/mol. The molecular formula is C19H18ClF3N2O2S. The highest BCUT2D eigenvalue weighted by Gasteiger charge is 2.31. The third kappa shape index (κ3) is 6.10. The zero-order chi connectivity index (χ0) is 20.9. The summed E-state index contributed by atoms with van der Waals surface area (Å²) in [5.41, 5.74) is -0.700. The van der Waals surface area contributed by atoms with E-state index in [4.69, 9.17) is 28.6 Å². The van der Waals surface area contributed by atoms with Crippen molar-refractivity contribution in [3.8, 4) is 5.75 Å². The number of alkyl halides is 3. The molecule has 2 aromatic rings. The highest BCUT2D eigenvalue weighted by atomic mass is 35.5. The van der Waals surface area contributed by atoms with E-state index in [2.05, 4.69) is 10.6 Å². The van der Waals surface area contributed by atoms with Crippen LogP contribution in [0.25, 0.3) is 0 Å². The Morgan fingerprint density at radius 3 is 2.54 bits per heavy atom. The summed E-state index contributed by atoms with van der Waals surface area (Å²) in [6.07, 6.45) is -4.53. The van der Waals surface area contributed by atoms with Gasteiger partial charge in [-0.15, -0.1) is 0 Å². The van der Waals surface area contributed by atoms with Crippen molar-refractivity contribution in [3.05, 3.63) is 58.6 Å². The second-order valence-corrected chi connectivity index (χ2v) is 7.12. The zero-order valence-electron chi connectivity index (χ0n) is 15.1. The van der Waals surface area contributed by atoms with Crippen LogP contribution in [-0.4, -0.2) is 17.6 Å². The number of nitrogens with one attached hydrogen (secondary N) is 2. The summed E-state index contributed by atoms with van der Waals surface area (Å²) in [5.74, 6) is 0.0930. The molecule has 150 valence electrons. The summed E-state index contributed by atoms with van der Waals surface area (Å²) in [6.45, 7) is 4.37. The Bertz CT molecular complexity index is 872. The zero-order valence-corrected chi connectivity index (χ0v) is 16.6. The molecule has 0 unspecified atom stereocenters. The number of rotatable bonds is 5. The molecule has 0 saturated carbocycles. The second kappa shape index (κ2) is 9.25. The lowest BCUT2D eigenvalue weighted by atomic mass is 10.2. The molecule has 4 nitrogen and oxygen atoms in total. The molecule has 0 aromatic heterocycles. The van der Waals surface area contributed by atoms with E-state index in [1.54, 1.807) is 24.3 Å². The normalized spacial score (nSPS) is 11.2. The van der Waals surface area contributed by atoms with Crippen molar-refractivity contribution >= 4 is 40.5 Å². The molecule has 0 bridgehead atoms. The van der Waals surface area contributed by atoms with E-state index in [0.29, 0.717) is 12.4 Å². The van der Waals surface area contributed by atoms with E-state index in [1.807, 2.05) is 13.8 Å². The summed E-state index contributed by atoms with van der Waals surface area (Å²) in [6, 6.07) is 9.38. The molecule has 0 radical (unpaired) electrons. The van der Waals surface area contributed by atoms with Gasteiger partial charge in [-0.2, -0.15) is 13.2 Å². The minimum atomic E-state index is -4.53. The van der Waals surface area contributed by atoms with Gasteiger partial charge in [-0.25, -0.2) is 0 Å². The summed E-state index contributed by atoms with van der Waals surface area (Å²) >= 11 is 11.0. The summed E-state index contributed by atoms with van der Waals surface area (Å²) in [4.78, 5) is 12.5. The molecule has 0 aliphatic carbocycles. The number of para-hydroxylation sites is 1. The second-order valence-electron chi connectivity index (χ2n) is 6.30. The first-order valence-electron chi connectivity index (χ1n) is 8.29. The van der Waals surface area contributed by atoms with Gasteiger partial charge in [-0.05, 0) is 48.5 Å². The predicted octanol–water partition coefficient (Wildman–Crippen LogP) is 5.52. The molecule has 2 rings (SSSR count). The Morgan fingerprint density at radius 2 is 1.89 bits per heavy atom. The Labute approximate surface area is 171 Å². The van der Waals surface area contributed by atoms with Crippen molar-refractivity contribution in [2.75, 3.05) is 11.9 Å². The highest BCUT2D eigenvalue weighted by molar-refractivity contribution is 7.80. The molecule has 0 aliphatic rings. The van der Waals surface area contributed by atoms with Crippen molar-refractivity contribution in [2.24, 2.45) is 5.92 Å². The molecule has 0 saturated heterocycles. The lowest BCUT2D eigenvalue weighted by Crippen LogP contribution is -2.34. The summed E-state index contributed by atoms with van der Waals surface area (Å²) < 4.78 is 44.2. The minimum absolute atomic E-state index is 0.0327. The fourth-order valence-electron chi connectivity index (χ4n) is 2.16. The molecule has 0 aliphatic heterocycles.